The number of aliphatic hydroxyl groups excluding tert-OH is 1. The minimum atomic E-state index is -1.15. The molecule has 8 nitrogen and oxygen atoms in total. The van der Waals surface area contributed by atoms with Gasteiger partial charge in [-0.25, -0.2) is 9.97 Å². The van der Waals surface area contributed by atoms with Crippen LogP contribution in [0.4, 0.5) is 5.82 Å². The van der Waals surface area contributed by atoms with Gasteiger partial charge in [0.05, 0.1) is 24.3 Å². The van der Waals surface area contributed by atoms with E-state index >= 15 is 0 Å². The minimum absolute atomic E-state index is 0.00580. The third-order valence-corrected chi connectivity index (χ3v) is 8.68. The number of aryl methyl sites for hydroxylation is 1. The normalized spacial score (nSPS) is 26.4. The van der Waals surface area contributed by atoms with Gasteiger partial charge >= 0.3 is 0 Å². The van der Waals surface area contributed by atoms with Crippen molar-refractivity contribution in [2.45, 2.75) is 73.9 Å². The summed E-state index contributed by atoms with van der Waals surface area (Å²) in [6, 6.07) is 3.51. The summed E-state index contributed by atoms with van der Waals surface area (Å²) >= 11 is -1.15. The second-order valence-electron chi connectivity index (χ2n) is 9.18. The Balaban J connectivity index is 1.50. The van der Waals surface area contributed by atoms with Crippen LogP contribution in [0.15, 0.2) is 28.0 Å². The van der Waals surface area contributed by atoms with Gasteiger partial charge in [-0.2, -0.15) is 0 Å². The summed E-state index contributed by atoms with van der Waals surface area (Å²) in [6.07, 6.45) is 9.33. The smallest absolute Gasteiger partial charge is 0.251 e. The molecule has 32 heavy (non-hydrogen) atoms. The van der Waals surface area contributed by atoms with Crippen molar-refractivity contribution in [1.29, 1.82) is 0 Å². The molecule has 0 radical (unpaired) electrons. The number of aliphatic hydroxyl groups is 1. The standard InChI is InChI=1S/C23H30N4O4S/c1-31-18-6-3-2-5-17(18)27-11-7-15(13-19(27)29)21-24-16-8-12-32(30)20(16)22(25-21)26-23(14-28)9-4-10-23/h7,11,13,17-18,28H,2-6,8-10,12,14H2,1H3,(H,24,25,26)/t17?,18?,32-/m1/s1. The Kier molecular flexibility index (Phi) is 6.00. The first-order chi connectivity index (χ1) is 15.5. The molecule has 2 unspecified atom stereocenters. The third-order valence-electron chi connectivity index (χ3n) is 7.22. The van der Waals surface area contributed by atoms with Gasteiger partial charge in [0.25, 0.3) is 5.56 Å². The number of anilines is 1. The highest BCUT2D eigenvalue weighted by molar-refractivity contribution is 7.91. The highest BCUT2D eigenvalue weighted by atomic mass is 32.2. The van der Waals surface area contributed by atoms with Crippen molar-refractivity contribution in [1.82, 2.24) is 14.5 Å². The van der Waals surface area contributed by atoms with Gasteiger partial charge in [-0.15, -0.1) is 0 Å². The molecule has 172 valence electrons. The van der Waals surface area contributed by atoms with Gasteiger partial charge in [0.1, 0.15) is 11.4 Å². The second-order valence-corrected chi connectivity index (χ2v) is 10.7. The number of ether oxygens (including phenoxy) is 1. The largest absolute Gasteiger partial charge is 0.611 e. The molecule has 0 amide bonds. The molecule has 2 aliphatic carbocycles. The maximum absolute atomic E-state index is 13.0. The first-order valence-corrected chi connectivity index (χ1v) is 12.8. The van der Waals surface area contributed by atoms with E-state index in [9.17, 15) is 14.5 Å². The molecule has 5 rings (SSSR count). The fourth-order valence-electron chi connectivity index (χ4n) is 5.16. The van der Waals surface area contributed by atoms with Crippen molar-refractivity contribution in [3.05, 3.63) is 34.4 Å². The van der Waals surface area contributed by atoms with E-state index in [1.807, 2.05) is 12.3 Å². The molecule has 9 heteroatoms. The van der Waals surface area contributed by atoms with Gasteiger partial charge in [0.2, 0.25) is 4.90 Å². The molecule has 0 saturated heterocycles. The SMILES string of the molecule is COC1CCCCC1n1ccc(-c2nc3c(c(NC4(CO)CCC4)n2)[S@+]([O-])CC3)cc1=O. The molecular weight excluding hydrogens is 428 g/mol. The maximum atomic E-state index is 13.0. The molecule has 0 spiro atoms. The molecule has 3 aliphatic rings. The summed E-state index contributed by atoms with van der Waals surface area (Å²) in [5.41, 5.74) is 0.904. The quantitative estimate of drug-likeness (QED) is 0.639. The molecule has 2 aromatic heterocycles. The van der Waals surface area contributed by atoms with Crippen molar-refractivity contribution in [3.63, 3.8) is 0 Å². The van der Waals surface area contributed by atoms with Gasteiger partial charge in [-0.3, -0.25) is 4.79 Å². The molecular formula is C23H30N4O4S. The molecule has 3 atom stereocenters. The molecule has 3 heterocycles. The number of hydrogen-bond donors (Lipinski definition) is 2. The van der Waals surface area contributed by atoms with E-state index in [0.29, 0.717) is 34.3 Å². The van der Waals surface area contributed by atoms with Crippen LogP contribution in [0.5, 0.6) is 0 Å². The maximum Gasteiger partial charge on any atom is 0.251 e. The van der Waals surface area contributed by atoms with Crippen LogP contribution in [0.3, 0.4) is 0 Å². The Morgan fingerprint density at radius 3 is 2.81 bits per heavy atom. The van der Waals surface area contributed by atoms with Gasteiger partial charge in [0, 0.05) is 31.4 Å². The Morgan fingerprint density at radius 1 is 1.31 bits per heavy atom. The van der Waals surface area contributed by atoms with Crippen molar-refractivity contribution >= 4 is 17.0 Å². The fourth-order valence-corrected chi connectivity index (χ4v) is 6.47. The first kappa shape index (κ1) is 21.9. The van der Waals surface area contributed by atoms with Crippen LogP contribution < -0.4 is 10.9 Å². The molecule has 2 fully saturated rings. The molecule has 0 aromatic carbocycles. The summed E-state index contributed by atoms with van der Waals surface area (Å²) in [6.45, 7) is 0.00580. The Morgan fingerprint density at radius 2 is 2.12 bits per heavy atom. The number of fused-ring (bicyclic) bond motifs is 1. The van der Waals surface area contributed by atoms with Gasteiger partial charge in [-0.05, 0) is 49.3 Å². The van der Waals surface area contributed by atoms with E-state index in [1.165, 1.54) is 0 Å². The Bertz CT molecular complexity index is 1050. The zero-order chi connectivity index (χ0) is 22.3. The summed E-state index contributed by atoms with van der Waals surface area (Å²) in [5.74, 6) is 1.51. The van der Waals surface area contributed by atoms with E-state index in [1.54, 1.807) is 17.7 Å². The number of methoxy groups -OCH3 is 1. The number of rotatable bonds is 6. The van der Waals surface area contributed by atoms with Crippen LogP contribution in [0.25, 0.3) is 11.4 Å². The van der Waals surface area contributed by atoms with Crippen LogP contribution in [0.2, 0.25) is 0 Å². The number of nitrogens with one attached hydrogen (secondary N) is 1. The van der Waals surface area contributed by atoms with Crippen LogP contribution >= 0.6 is 0 Å². The van der Waals surface area contributed by atoms with Crippen LogP contribution in [0.1, 0.15) is 56.7 Å². The van der Waals surface area contributed by atoms with E-state index in [-0.39, 0.29) is 24.3 Å². The summed E-state index contributed by atoms with van der Waals surface area (Å²) < 4.78 is 20.0. The lowest BCUT2D eigenvalue weighted by atomic mass is 9.77. The lowest BCUT2D eigenvalue weighted by molar-refractivity contribution is 0.0278. The predicted molar refractivity (Wildman–Crippen MR) is 122 cm³/mol. The summed E-state index contributed by atoms with van der Waals surface area (Å²) in [5, 5.41) is 13.3. The Labute approximate surface area is 190 Å². The average Bonchev–Trinajstić information content (AvgIpc) is 3.17. The predicted octanol–water partition coefficient (Wildman–Crippen LogP) is 2.43. The van der Waals surface area contributed by atoms with E-state index in [4.69, 9.17) is 9.72 Å². The second kappa shape index (κ2) is 8.78. The Hall–Kier alpha value is -1.94. The van der Waals surface area contributed by atoms with E-state index < -0.39 is 16.7 Å². The van der Waals surface area contributed by atoms with Gasteiger partial charge < -0.3 is 24.3 Å². The van der Waals surface area contributed by atoms with Crippen molar-refractivity contribution in [2.75, 3.05) is 24.8 Å². The molecule has 2 N–H and O–H groups in total. The summed E-state index contributed by atoms with van der Waals surface area (Å²) in [4.78, 5) is 23.0. The topological polar surface area (TPSA) is 112 Å². The zero-order valence-electron chi connectivity index (χ0n) is 18.4. The fraction of sp³-hybridized carbons (Fsp3) is 0.609. The van der Waals surface area contributed by atoms with Gasteiger partial charge in [-0.1, -0.05) is 12.8 Å². The molecule has 0 bridgehead atoms. The highest BCUT2D eigenvalue weighted by Crippen LogP contribution is 2.39. The lowest BCUT2D eigenvalue weighted by Crippen LogP contribution is -2.48. The number of pyridine rings is 1. The molecule has 1 aliphatic heterocycles. The van der Waals surface area contributed by atoms with Crippen LogP contribution in [-0.4, -0.2) is 55.3 Å². The van der Waals surface area contributed by atoms with Crippen molar-refractivity contribution in [3.8, 4) is 11.4 Å². The first-order valence-electron chi connectivity index (χ1n) is 11.5. The van der Waals surface area contributed by atoms with Crippen molar-refractivity contribution in [2.24, 2.45) is 0 Å². The molecule has 2 saturated carbocycles. The number of nitrogens with zero attached hydrogens (tertiary/aromatic N) is 3. The monoisotopic (exact) mass is 458 g/mol. The van der Waals surface area contributed by atoms with E-state index in [0.717, 1.165) is 50.6 Å². The van der Waals surface area contributed by atoms with Gasteiger partial charge in [0.15, 0.2) is 11.6 Å². The lowest BCUT2D eigenvalue weighted by Gasteiger charge is -2.41. The zero-order valence-corrected chi connectivity index (χ0v) is 19.2. The minimum Gasteiger partial charge on any atom is -0.611 e. The number of aromatic nitrogens is 3. The molecule has 2 aromatic rings. The van der Waals surface area contributed by atoms with Crippen LogP contribution in [-0.2, 0) is 22.3 Å². The van der Waals surface area contributed by atoms with Crippen LogP contribution in [0, 0.1) is 0 Å². The number of hydrogen-bond acceptors (Lipinski definition) is 7. The average molecular weight is 459 g/mol. The summed E-state index contributed by atoms with van der Waals surface area (Å²) in [7, 11) is 1.71. The van der Waals surface area contributed by atoms with Crippen molar-refractivity contribution < 1.29 is 14.4 Å². The highest BCUT2D eigenvalue weighted by Gasteiger charge is 2.40. The third kappa shape index (κ3) is 3.85. The van der Waals surface area contributed by atoms with E-state index in [2.05, 4.69) is 10.3 Å².